The van der Waals surface area contributed by atoms with Crippen molar-refractivity contribution in [3.63, 3.8) is 0 Å². The Morgan fingerprint density at radius 2 is 1.59 bits per heavy atom. The number of nitrogens with zero attached hydrogens (tertiary/aromatic N) is 2. The molecule has 1 aromatic rings. The largest absolute Gasteiger partial charge is 0.452 e. The molecular formula is C21H32N2O4. The molecule has 0 radical (unpaired) electrons. The van der Waals surface area contributed by atoms with Crippen LogP contribution in [0.2, 0.25) is 0 Å². The van der Waals surface area contributed by atoms with Crippen LogP contribution >= 0.6 is 0 Å². The fourth-order valence-corrected chi connectivity index (χ4v) is 4.62. The minimum Gasteiger partial charge on any atom is -0.452 e. The van der Waals surface area contributed by atoms with E-state index in [4.69, 9.17) is 9.26 Å². The van der Waals surface area contributed by atoms with E-state index in [2.05, 4.69) is 10.1 Å². The molecule has 1 amide bonds. The summed E-state index contributed by atoms with van der Waals surface area (Å²) in [5.41, 5.74) is 0.952. The molecule has 1 aromatic heterocycles. The second kappa shape index (κ2) is 9.38. The predicted molar refractivity (Wildman–Crippen MR) is 101 cm³/mol. The molecule has 6 heteroatoms. The van der Waals surface area contributed by atoms with Gasteiger partial charge in [0, 0.05) is 12.1 Å². The van der Waals surface area contributed by atoms with Crippen LogP contribution in [0.4, 0.5) is 0 Å². The molecule has 0 atom stereocenters. The number of esters is 1. The van der Waals surface area contributed by atoms with Crippen LogP contribution in [-0.4, -0.2) is 40.6 Å². The Labute approximate surface area is 161 Å². The lowest BCUT2D eigenvalue weighted by Crippen LogP contribution is -2.50. The maximum absolute atomic E-state index is 13.1. The van der Waals surface area contributed by atoms with Crippen molar-refractivity contribution in [2.75, 3.05) is 6.61 Å². The number of hydrogen-bond acceptors (Lipinski definition) is 5. The number of aryl methyl sites for hydroxylation is 2. The van der Waals surface area contributed by atoms with Gasteiger partial charge in [-0.15, -0.1) is 0 Å². The molecular weight excluding hydrogens is 344 g/mol. The van der Waals surface area contributed by atoms with Crippen molar-refractivity contribution < 1.29 is 18.8 Å². The monoisotopic (exact) mass is 376 g/mol. The van der Waals surface area contributed by atoms with Crippen LogP contribution in [0.15, 0.2) is 4.52 Å². The minimum absolute atomic E-state index is 0.0469. The van der Waals surface area contributed by atoms with E-state index in [0.29, 0.717) is 35.5 Å². The van der Waals surface area contributed by atoms with Crippen LogP contribution in [0.5, 0.6) is 0 Å². The minimum atomic E-state index is -0.508. The number of carbonyl (C=O) groups is 2. The van der Waals surface area contributed by atoms with E-state index in [1.165, 1.54) is 38.5 Å². The first kappa shape index (κ1) is 19.9. The second-order valence-electron chi connectivity index (χ2n) is 7.87. The Morgan fingerprint density at radius 3 is 2.11 bits per heavy atom. The van der Waals surface area contributed by atoms with Gasteiger partial charge in [0.2, 0.25) is 0 Å². The molecule has 0 aliphatic heterocycles. The zero-order valence-corrected chi connectivity index (χ0v) is 16.7. The van der Waals surface area contributed by atoms with Crippen molar-refractivity contribution in [1.82, 2.24) is 10.1 Å². The average molecular weight is 376 g/mol. The van der Waals surface area contributed by atoms with Crippen molar-refractivity contribution in [2.24, 2.45) is 0 Å². The number of amides is 1. The van der Waals surface area contributed by atoms with Crippen molar-refractivity contribution in [3.05, 3.63) is 17.0 Å². The Balaban J connectivity index is 1.66. The summed E-state index contributed by atoms with van der Waals surface area (Å²) < 4.78 is 10.5. The Kier molecular flexibility index (Phi) is 6.91. The zero-order chi connectivity index (χ0) is 19.2. The Bertz CT molecular complexity index is 625. The van der Waals surface area contributed by atoms with Gasteiger partial charge >= 0.3 is 5.97 Å². The van der Waals surface area contributed by atoms with Gasteiger partial charge in [-0.05, 0) is 39.0 Å². The van der Waals surface area contributed by atoms with Crippen molar-refractivity contribution in [3.8, 4) is 0 Å². The van der Waals surface area contributed by atoms with Crippen molar-refractivity contribution >= 4 is 11.9 Å². The van der Waals surface area contributed by atoms with Crippen LogP contribution in [0.25, 0.3) is 0 Å². The van der Waals surface area contributed by atoms with Crippen LogP contribution in [-0.2, 0) is 16.0 Å². The molecule has 2 saturated carbocycles. The summed E-state index contributed by atoms with van der Waals surface area (Å²) >= 11 is 0. The van der Waals surface area contributed by atoms with Crippen LogP contribution in [0, 0.1) is 6.92 Å². The van der Waals surface area contributed by atoms with Gasteiger partial charge in [0.15, 0.2) is 6.61 Å². The molecule has 0 aromatic carbocycles. The molecule has 1 heterocycles. The standard InChI is InChI=1S/C21H32N2O4/c1-3-18-20(15(2)27-22-18)21(25)26-14-19(24)23(16-10-6-4-7-11-16)17-12-8-5-9-13-17/h16-17H,3-14H2,1-2H3. The lowest BCUT2D eigenvalue weighted by atomic mass is 9.88. The Morgan fingerprint density at radius 1 is 1.04 bits per heavy atom. The fourth-order valence-electron chi connectivity index (χ4n) is 4.62. The highest BCUT2D eigenvalue weighted by molar-refractivity contribution is 5.93. The molecule has 3 rings (SSSR count). The van der Waals surface area contributed by atoms with E-state index < -0.39 is 5.97 Å². The molecule has 6 nitrogen and oxygen atoms in total. The second-order valence-corrected chi connectivity index (χ2v) is 7.87. The lowest BCUT2D eigenvalue weighted by molar-refractivity contribution is -0.141. The molecule has 0 unspecified atom stereocenters. The Hall–Kier alpha value is -1.85. The molecule has 2 aliphatic carbocycles. The summed E-state index contributed by atoms with van der Waals surface area (Å²) in [6.45, 7) is 3.41. The number of hydrogen-bond donors (Lipinski definition) is 0. The molecule has 0 N–H and O–H groups in total. The number of carbonyl (C=O) groups excluding carboxylic acids is 2. The topological polar surface area (TPSA) is 72.6 Å². The third-order valence-corrected chi connectivity index (χ3v) is 6.02. The van der Waals surface area contributed by atoms with E-state index in [1.54, 1.807) is 6.92 Å². The quantitative estimate of drug-likeness (QED) is 0.696. The highest BCUT2D eigenvalue weighted by Crippen LogP contribution is 2.30. The van der Waals surface area contributed by atoms with Crippen LogP contribution < -0.4 is 0 Å². The predicted octanol–water partition coefficient (Wildman–Crippen LogP) is 4.20. The zero-order valence-electron chi connectivity index (χ0n) is 16.7. The van der Waals surface area contributed by atoms with Gasteiger partial charge in [0.05, 0.1) is 5.69 Å². The number of aromatic nitrogens is 1. The van der Waals surface area contributed by atoms with Gasteiger partial charge < -0.3 is 14.2 Å². The summed E-state index contributed by atoms with van der Waals surface area (Å²) in [6.07, 6.45) is 12.1. The maximum Gasteiger partial charge on any atom is 0.344 e. The summed E-state index contributed by atoms with van der Waals surface area (Å²) in [4.78, 5) is 27.6. The molecule has 0 bridgehead atoms. The van der Waals surface area contributed by atoms with E-state index in [0.717, 1.165) is 25.7 Å². The molecule has 2 aliphatic rings. The third-order valence-electron chi connectivity index (χ3n) is 6.02. The first-order chi connectivity index (χ1) is 13.1. The van der Waals surface area contributed by atoms with E-state index >= 15 is 0 Å². The highest BCUT2D eigenvalue weighted by Gasteiger charge is 2.33. The van der Waals surface area contributed by atoms with Gasteiger partial charge in [0.25, 0.3) is 5.91 Å². The smallest absolute Gasteiger partial charge is 0.344 e. The highest BCUT2D eigenvalue weighted by atomic mass is 16.5. The molecule has 0 spiro atoms. The molecule has 27 heavy (non-hydrogen) atoms. The van der Waals surface area contributed by atoms with Gasteiger partial charge in [-0.25, -0.2) is 4.79 Å². The number of rotatable bonds is 6. The normalized spacial score (nSPS) is 19.0. The molecule has 150 valence electrons. The van der Waals surface area contributed by atoms with Crippen LogP contribution in [0.1, 0.15) is 92.9 Å². The van der Waals surface area contributed by atoms with Gasteiger partial charge in [-0.3, -0.25) is 4.79 Å². The summed E-state index contributed by atoms with van der Waals surface area (Å²) in [6, 6.07) is 0.605. The summed E-state index contributed by atoms with van der Waals surface area (Å²) in [5, 5.41) is 3.89. The van der Waals surface area contributed by atoms with E-state index in [-0.39, 0.29) is 12.5 Å². The first-order valence-corrected chi connectivity index (χ1v) is 10.5. The fraction of sp³-hybridized carbons (Fsp3) is 0.762. The summed E-state index contributed by atoms with van der Waals surface area (Å²) in [5.74, 6) is -0.110. The van der Waals surface area contributed by atoms with E-state index in [9.17, 15) is 9.59 Å². The SMILES string of the molecule is CCc1noc(C)c1C(=O)OCC(=O)N(C1CCCCC1)C1CCCCC1. The maximum atomic E-state index is 13.1. The van der Waals surface area contributed by atoms with Crippen molar-refractivity contribution in [1.29, 1.82) is 0 Å². The van der Waals surface area contributed by atoms with E-state index in [1.807, 2.05) is 6.92 Å². The number of ether oxygens (including phenoxy) is 1. The molecule has 2 fully saturated rings. The first-order valence-electron chi connectivity index (χ1n) is 10.5. The average Bonchev–Trinajstić information content (AvgIpc) is 3.08. The lowest BCUT2D eigenvalue weighted by Gasteiger charge is -2.41. The van der Waals surface area contributed by atoms with Gasteiger partial charge in [-0.1, -0.05) is 50.6 Å². The van der Waals surface area contributed by atoms with Gasteiger partial charge in [0.1, 0.15) is 11.3 Å². The third kappa shape index (κ3) is 4.71. The summed E-state index contributed by atoms with van der Waals surface area (Å²) in [7, 11) is 0. The van der Waals surface area contributed by atoms with Crippen LogP contribution in [0.3, 0.4) is 0 Å². The molecule has 0 saturated heterocycles. The van der Waals surface area contributed by atoms with Crippen molar-refractivity contribution in [2.45, 2.75) is 96.6 Å². The van der Waals surface area contributed by atoms with Gasteiger partial charge in [-0.2, -0.15) is 0 Å².